The van der Waals surface area contributed by atoms with E-state index < -0.39 is 0 Å². The fourth-order valence-electron chi connectivity index (χ4n) is 2.17. The Labute approximate surface area is 122 Å². The molecule has 0 saturated carbocycles. The molecule has 0 saturated heterocycles. The Balaban J connectivity index is 2.50. The molecule has 1 rings (SSSR count). The third kappa shape index (κ3) is 6.20. The van der Waals surface area contributed by atoms with Gasteiger partial charge in [0.25, 0.3) is 0 Å². The van der Waals surface area contributed by atoms with Crippen molar-refractivity contribution >= 4 is 5.91 Å². The molecule has 0 bridgehead atoms. The molecule has 0 spiro atoms. The van der Waals surface area contributed by atoms with Crippen LogP contribution in [0.4, 0.5) is 0 Å². The number of carbonyl (C=O) groups is 1. The Morgan fingerprint density at radius 1 is 1.15 bits per heavy atom. The minimum absolute atomic E-state index is 0.0451. The van der Waals surface area contributed by atoms with Crippen molar-refractivity contribution in [3.05, 3.63) is 35.4 Å². The van der Waals surface area contributed by atoms with Gasteiger partial charge in [-0.25, -0.2) is 0 Å². The van der Waals surface area contributed by atoms with Gasteiger partial charge in [0.15, 0.2) is 0 Å². The molecule has 1 amide bonds. The lowest BCUT2D eigenvalue weighted by Crippen LogP contribution is -2.28. The van der Waals surface area contributed by atoms with Gasteiger partial charge < -0.3 is 11.1 Å². The molecule has 2 atom stereocenters. The molecular weight excluding hydrogens is 248 g/mol. The fourth-order valence-corrected chi connectivity index (χ4v) is 2.17. The zero-order valence-corrected chi connectivity index (χ0v) is 13.1. The first kappa shape index (κ1) is 16.7. The summed E-state index contributed by atoms with van der Waals surface area (Å²) in [5, 5.41) is 3.02. The van der Waals surface area contributed by atoms with Crippen molar-refractivity contribution in [1.29, 1.82) is 0 Å². The molecule has 3 nitrogen and oxygen atoms in total. The molecule has 0 fully saturated rings. The first-order chi connectivity index (χ1) is 9.38. The summed E-state index contributed by atoms with van der Waals surface area (Å²) >= 11 is 0. The lowest BCUT2D eigenvalue weighted by Gasteiger charge is -2.15. The maximum Gasteiger partial charge on any atom is 0.220 e. The summed E-state index contributed by atoms with van der Waals surface area (Å²) in [7, 11) is 0. The third-order valence-electron chi connectivity index (χ3n) is 3.33. The quantitative estimate of drug-likeness (QED) is 0.803. The molecule has 2 unspecified atom stereocenters. The summed E-state index contributed by atoms with van der Waals surface area (Å²) in [6.07, 6.45) is 2.31. The van der Waals surface area contributed by atoms with E-state index in [1.54, 1.807) is 0 Å². The number of benzene rings is 1. The van der Waals surface area contributed by atoms with Crippen LogP contribution in [-0.2, 0) is 11.2 Å². The van der Waals surface area contributed by atoms with Gasteiger partial charge in [-0.2, -0.15) is 0 Å². The van der Waals surface area contributed by atoms with Gasteiger partial charge in [-0.1, -0.05) is 38.1 Å². The van der Waals surface area contributed by atoms with Gasteiger partial charge in [0.05, 0.1) is 6.04 Å². The molecule has 0 aliphatic heterocycles. The van der Waals surface area contributed by atoms with E-state index in [0.29, 0.717) is 12.3 Å². The molecular formula is C17H28N2O. The lowest BCUT2D eigenvalue weighted by molar-refractivity contribution is -0.121. The Bertz CT molecular complexity index is 410. The van der Waals surface area contributed by atoms with Crippen molar-refractivity contribution in [3.63, 3.8) is 0 Å². The van der Waals surface area contributed by atoms with Gasteiger partial charge >= 0.3 is 0 Å². The third-order valence-corrected chi connectivity index (χ3v) is 3.33. The van der Waals surface area contributed by atoms with Crippen molar-refractivity contribution < 1.29 is 4.79 Å². The van der Waals surface area contributed by atoms with Crippen molar-refractivity contribution in [2.24, 2.45) is 11.7 Å². The van der Waals surface area contributed by atoms with Crippen LogP contribution in [0.2, 0.25) is 0 Å². The molecule has 20 heavy (non-hydrogen) atoms. The number of hydrogen-bond donors (Lipinski definition) is 2. The summed E-state index contributed by atoms with van der Waals surface area (Å²) in [6, 6.07) is 8.64. The topological polar surface area (TPSA) is 55.1 Å². The highest BCUT2D eigenvalue weighted by Gasteiger charge is 2.10. The molecule has 1 aromatic carbocycles. The highest BCUT2D eigenvalue weighted by Crippen LogP contribution is 2.15. The highest BCUT2D eigenvalue weighted by molar-refractivity contribution is 5.76. The van der Waals surface area contributed by atoms with Crippen molar-refractivity contribution in [2.45, 2.75) is 59.0 Å². The zero-order valence-electron chi connectivity index (χ0n) is 13.1. The van der Waals surface area contributed by atoms with Crippen LogP contribution in [0.3, 0.4) is 0 Å². The molecule has 0 aliphatic carbocycles. The van der Waals surface area contributed by atoms with Crippen molar-refractivity contribution in [1.82, 2.24) is 5.32 Å². The standard InChI is InChI=1S/C17H28N2O/c1-12(2)11-15-6-8-16(9-7-15)14(4)19-17(20)10-5-13(3)18/h6-9,12-14H,5,10-11,18H2,1-4H3,(H,19,20). The second-order valence-corrected chi connectivity index (χ2v) is 6.14. The first-order valence-electron chi connectivity index (χ1n) is 7.52. The van der Waals surface area contributed by atoms with Gasteiger partial charge in [0.2, 0.25) is 5.91 Å². The fraction of sp³-hybridized carbons (Fsp3) is 0.588. The Morgan fingerprint density at radius 2 is 1.75 bits per heavy atom. The Kier molecular flexibility index (Phi) is 6.73. The molecule has 0 aromatic heterocycles. The summed E-state index contributed by atoms with van der Waals surface area (Å²) in [6.45, 7) is 8.37. The van der Waals surface area contributed by atoms with Crippen LogP contribution in [0.5, 0.6) is 0 Å². The monoisotopic (exact) mass is 276 g/mol. The first-order valence-corrected chi connectivity index (χ1v) is 7.52. The van der Waals surface area contributed by atoms with Crippen LogP contribution in [0, 0.1) is 5.92 Å². The highest BCUT2D eigenvalue weighted by atomic mass is 16.1. The number of amides is 1. The van der Waals surface area contributed by atoms with Gasteiger partial charge in [0, 0.05) is 12.5 Å². The molecule has 112 valence electrons. The number of nitrogens with one attached hydrogen (secondary N) is 1. The Morgan fingerprint density at radius 3 is 2.25 bits per heavy atom. The Hall–Kier alpha value is -1.35. The number of rotatable bonds is 7. The van der Waals surface area contributed by atoms with E-state index >= 15 is 0 Å². The maximum atomic E-state index is 11.8. The van der Waals surface area contributed by atoms with Crippen LogP contribution < -0.4 is 11.1 Å². The summed E-state index contributed by atoms with van der Waals surface area (Å²) < 4.78 is 0. The van der Waals surface area contributed by atoms with E-state index in [2.05, 4.69) is 43.4 Å². The molecule has 0 heterocycles. The van der Waals surface area contributed by atoms with Gasteiger partial charge in [-0.05, 0) is 43.7 Å². The van der Waals surface area contributed by atoms with E-state index in [1.165, 1.54) is 5.56 Å². The minimum atomic E-state index is 0.0451. The van der Waals surface area contributed by atoms with Crippen LogP contribution in [0.25, 0.3) is 0 Å². The SMILES string of the molecule is CC(C)Cc1ccc(C(C)NC(=O)CCC(C)N)cc1. The molecule has 1 aromatic rings. The average molecular weight is 276 g/mol. The lowest BCUT2D eigenvalue weighted by atomic mass is 10.00. The number of nitrogens with two attached hydrogens (primary N) is 1. The second kappa shape index (κ2) is 8.05. The minimum Gasteiger partial charge on any atom is -0.350 e. The molecule has 3 heteroatoms. The largest absolute Gasteiger partial charge is 0.350 e. The van der Waals surface area contributed by atoms with Crippen LogP contribution in [0.1, 0.15) is 57.7 Å². The van der Waals surface area contributed by atoms with Gasteiger partial charge in [-0.3, -0.25) is 4.79 Å². The summed E-state index contributed by atoms with van der Waals surface area (Å²) in [5.74, 6) is 0.734. The van der Waals surface area contributed by atoms with E-state index in [1.807, 2.05) is 13.8 Å². The van der Waals surface area contributed by atoms with Crippen LogP contribution in [0.15, 0.2) is 24.3 Å². The zero-order chi connectivity index (χ0) is 15.1. The van der Waals surface area contributed by atoms with E-state index in [9.17, 15) is 4.79 Å². The normalized spacial score (nSPS) is 14.1. The molecule has 0 aliphatic rings. The second-order valence-electron chi connectivity index (χ2n) is 6.14. The maximum absolute atomic E-state index is 11.8. The summed E-state index contributed by atoms with van der Waals surface area (Å²) in [5.41, 5.74) is 8.15. The predicted octanol–water partition coefficient (Wildman–Crippen LogP) is 3.19. The predicted molar refractivity (Wildman–Crippen MR) is 84.4 cm³/mol. The van der Waals surface area contributed by atoms with Crippen LogP contribution >= 0.6 is 0 Å². The van der Waals surface area contributed by atoms with E-state index in [0.717, 1.165) is 18.4 Å². The molecule has 0 radical (unpaired) electrons. The van der Waals surface area contributed by atoms with Crippen molar-refractivity contribution in [2.75, 3.05) is 0 Å². The van der Waals surface area contributed by atoms with Gasteiger partial charge in [-0.15, -0.1) is 0 Å². The van der Waals surface area contributed by atoms with E-state index in [4.69, 9.17) is 5.73 Å². The van der Waals surface area contributed by atoms with Crippen LogP contribution in [-0.4, -0.2) is 11.9 Å². The summed E-state index contributed by atoms with van der Waals surface area (Å²) in [4.78, 5) is 11.8. The number of carbonyl (C=O) groups excluding carboxylic acids is 1. The molecule has 3 N–H and O–H groups in total. The van der Waals surface area contributed by atoms with E-state index in [-0.39, 0.29) is 18.0 Å². The average Bonchev–Trinajstić information content (AvgIpc) is 2.36. The van der Waals surface area contributed by atoms with Gasteiger partial charge in [0.1, 0.15) is 0 Å². The number of hydrogen-bond acceptors (Lipinski definition) is 2. The van der Waals surface area contributed by atoms with Crippen molar-refractivity contribution in [3.8, 4) is 0 Å². The smallest absolute Gasteiger partial charge is 0.220 e.